The van der Waals surface area contributed by atoms with E-state index in [2.05, 4.69) is 47.3 Å². The van der Waals surface area contributed by atoms with E-state index in [-0.39, 0.29) is 28.5 Å². The number of rotatable bonds is 3. The molecule has 0 aromatic heterocycles. The molecule has 0 radical (unpaired) electrons. The molecule has 5 heteroatoms. The number of hydrogen-bond donors (Lipinski definition) is 2. The lowest BCUT2D eigenvalue weighted by atomic mass is 9.83. The van der Waals surface area contributed by atoms with Gasteiger partial charge in [-0.3, -0.25) is 9.59 Å². The van der Waals surface area contributed by atoms with Crippen LogP contribution in [0.3, 0.4) is 0 Å². The standard InChI is InChI=1S/C15H19BrN2O2/c1-4-15(2,3)14(16)9-5-6-10-11(7-9)18-13(20)8-12(19)17-10/h5-7,14H,4,8H2,1-3H3,(H,17,19)(H,18,20). The molecular weight excluding hydrogens is 320 g/mol. The molecule has 0 saturated heterocycles. The van der Waals surface area contributed by atoms with E-state index in [1.165, 1.54) is 0 Å². The smallest absolute Gasteiger partial charge is 0.233 e. The van der Waals surface area contributed by atoms with E-state index < -0.39 is 0 Å². The summed E-state index contributed by atoms with van der Waals surface area (Å²) in [5.74, 6) is -0.558. The van der Waals surface area contributed by atoms with Gasteiger partial charge in [0.1, 0.15) is 6.42 Å². The lowest BCUT2D eigenvalue weighted by molar-refractivity contribution is -0.123. The largest absolute Gasteiger partial charge is 0.324 e. The molecule has 1 aromatic carbocycles. The first-order chi connectivity index (χ1) is 9.33. The van der Waals surface area contributed by atoms with Gasteiger partial charge in [-0.2, -0.15) is 0 Å². The van der Waals surface area contributed by atoms with Crippen LogP contribution in [0.4, 0.5) is 11.4 Å². The zero-order chi connectivity index (χ0) is 14.9. The van der Waals surface area contributed by atoms with Crippen LogP contribution in [0.15, 0.2) is 18.2 Å². The van der Waals surface area contributed by atoms with Crippen molar-refractivity contribution in [1.82, 2.24) is 0 Å². The highest BCUT2D eigenvalue weighted by atomic mass is 79.9. The molecule has 108 valence electrons. The van der Waals surface area contributed by atoms with E-state index in [9.17, 15) is 9.59 Å². The fraction of sp³-hybridized carbons (Fsp3) is 0.467. The maximum absolute atomic E-state index is 11.6. The first kappa shape index (κ1) is 15.0. The van der Waals surface area contributed by atoms with Gasteiger partial charge < -0.3 is 10.6 Å². The highest BCUT2D eigenvalue weighted by molar-refractivity contribution is 9.09. The summed E-state index contributed by atoms with van der Waals surface area (Å²) in [6.45, 7) is 6.54. The lowest BCUT2D eigenvalue weighted by Gasteiger charge is -2.29. The number of carbonyl (C=O) groups is 2. The minimum atomic E-state index is -0.279. The normalized spacial score (nSPS) is 16.8. The Morgan fingerprint density at radius 3 is 2.40 bits per heavy atom. The first-order valence-electron chi connectivity index (χ1n) is 6.71. The molecule has 2 N–H and O–H groups in total. The van der Waals surface area contributed by atoms with Crippen LogP contribution in [0.2, 0.25) is 0 Å². The first-order valence-corrected chi connectivity index (χ1v) is 7.63. The van der Waals surface area contributed by atoms with Gasteiger partial charge in [-0.1, -0.05) is 42.8 Å². The summed E-state index contributed by atoms with van der Waals surface area (Å²) in [5, 5.41) is 5.51. The molecule has 1 aliphatic rings. The Morgan fingerprint density at radius 2 is 1.80 bits per heavy atom. The Kier molecular flexibility index (Phi) is 4.18. The van der Waals surface area contributed by atoms with E-state index in [1.807, 2.05) is 18.2 Å². The second-order valence-electron chi connectivity index (χ2n) is 5.78. The average Bonchev–Trinajstić information content (AvgIpc) is 2.53. The molecule has 1 unspecified atom stereocenters. The van der Waals surface area contributed by atoms with Crippen molar-refractivity contribution in [2.75, 3.05) is 10.6 Å². The van der Waals surface area contributed by atoms with E-state index in [1.54, 1.807) is 0 Å². The van der Waals surface area contributed by atoms with Gasteiger partial charge in [0.2, 0.25) is 11.8 Å². The Morgan fingerprint density at radius 1 is 1.20 bits per heavy atom. The summed E-state index contributed by atoms with van der Waals surface area (Å²) >= 11 is 3.74. The molecule has 1 heterocycles. The van der Waals surface area contributed by atoms with Crippen molar-refractivity contribution in [3.63, 3.8) is 0 Å². The molecular formula is C15H19BrN2O2. The maximum atomic E-state index is 11.6. The fourth-order valence-corrected chi connectivity index (χ4v) is 2.71. The number of hydrogen-bond acceptors (Lipinski definition) is 2. The number of alkyl halides is 1. The highest BCUT2D eigenvalue weighted by Crippen LogP contribution is 2.44. The second-order valence-corrected chi connectivity index (χ2v) is 6.70. The third-order valence-corrected chi connectivity index (χ3v) is 5.57. The van der Waals surface area contributed by atoms with Gasteiger partial charge in [0.05, 0.1) is 11.4 Å². The van der Waals surface area contributed by atoms with Crippen LogP contribution in [0, 0.1) is 5.41 Å². The molecule has 0 spiro atoms. The van der Waals surface area contributed by atoms with Gasteiger partial charge >= 0.3 is 0 Å². The van der Waals surface area contributed by atoms with Crippen molar-refractivity contribution in [2.45, 2.75) is 38.4 Å². The van der Waals surface area contributed by atoms with E-state index in [0.29, 0.717) is 11.4 Å². The molecule has 0 saturated carbocycles. The third-order valence-electron chi connectivity index (χ3n) is 3.80. The highest BCUT2D eigenvalue weighted by Gasteiger charge is 2.28. The summed E-state index contributed by atoms with van der Waals surface area (Å²) in [4.78, 5) is 23.3. The Labute approximate surface area is 127 Å². The van der Waals surface area contributed by atoms with Crippen LogP contribution >= 0.6 is 15.9 Å². The van der Waals surface area contributed by atoms with Gasteiger partial charge in [0.15, 0.2) is 0 Å². The number of halogens is 1. The quantitative estimate of drug-likeness (QED) is 0.649. The van der Waals surface area contributed by atoms with E-state index in [4.69, 9.17) is 0 Å². The number of anilines is 2. The number of fused-ring (bicyclic) bond motifs is 1. The Bertz CT molecular complexity index is 555. The van der Waals surface area contributed by atoms with Crippen molar-refractivity contribution in [2.24, 2.45) is 5.41 Å². The summed E-state index contributed by atoms with van der Waals surface area (Å²) < 4.78 is 0. The molecule has 0 fully saturated rings. The minimum Gasteiger partial charge on any atom is -0.324 e. The van der Waals surface area contributed by atoms with Gasteiger partial charge in [0.25, 0.3) is 0 Å². The average molecular weight is 339 g/mol. The van der Waals surface area contributed by atoms with Crippen molar-refractivity contribution in [3.05, 3.63) is 23.8 Å². The number of benzene rings is 1. The minimum absolute atomic E-state index is 0.103. The van der Waals surface area contributed by atoms with E-state index in [0.717, 1.165) is 12.0 Å². The van der Waals surface area contributed by atoms with Gasteiger partial charge in [-0.15, -0.1) is 0 Å². The van der Waals surface area contributed by atoms with Crippen LogP contribution in [-0.4, -0.2) is 11.8 Å². The summed E-state index contributed by atoms with van der Waals surface area (Å²) in [6.07, 6.45) is 0.894. The predicted octanol–water partition coefficient (Wildman–Crippen LogP) is 3.84. The lowest BCUT2D eigenvalue weighted by Crippen LogP contribution is -2.17. The monoisotopic (exact) mass is 338 g/mol. The molecule has 2 amide bonds. The van der Waals surface area contributed by atoms with Gasteiger partial charge in [-0.05, 0) is 29.5 Å². The van der Waals surface area contributed by atoms with E-state index >= 15 is 0 Å². The molecule has 1 aromatic rings. The number of nitrogens with one attached hydrogen (secondary N) is 2. The zero-order valence-electron chi connectivity index (χ0n) is 11.9. The van der Waals surface area contributed by atoms with Crippen LogP contribution in [0.25, 0.3) is 0 Å². The SMILES string of the molecule is CCC(C)(C)C(Br)c1ccc2c(c1)NC(=O)CC(=O)N2. The summed E-state index contributed by atoms with van der Waals surface area (Å²) in [5.41, 5.74) is 2.51. The Hall–Kier alpha value is -1.36. The molecule has 0 aliphatic carbocycles. The van der Waals surface area contributed by atoms with Crippen molar-refractivity contribution >= 4 is 39.1 Å². The molecule has 1 aliphatic heterocycles. The van der Waals surface area contributed by atoms with Gasteiger partial charge in [-0.25, -0.2) is 0 Å². The fourth-order valence-electron chi connectivity index (χ4n) is 2.10. The van der Waals surface area contributed by atoms with Crippen molar-refractivity contribution in [3.8, 4) is 0 Å². The van der Waals surface area contributed by atoms with Crippen LogP contribution in [0.5, 0.6) is 0 Å². The van der Waals surface area contributed by atoms with Crippen molar-refractivity contribution < 1.29 is 9.59 Å². The maximum Gasteiger partial charge on any atom is 0.233 e. The molecule has 1 atom stereocenters. The molecule has 0 bridgehead atoms. The summed E-state index contributed by atoms with van der Waals surface area (Å²) in [6, 6.07) is 5.75. The van der Waals surface area contributed by atoms with Gasteiger partial charge in [0, 0.05) is 4.83 Å². The van der Waals surface area contributed by atoms with Crippen LogP contribution < -0.4 is 10.6 Å². The van der Waals surface area contributed by atoms with Crippen LogP contribution in [0.1, 0.15) is 44.0 Å². The third kappa shape index (κ3) is 3.03. The molecule has 4 nitrogen and oxygen atoms in total. The van der Waals surface area contributed by atoms with Crippen LogP contribution in [-0.2, 0) is 9.59 Å². The predicted molar refractivity (Wildman–Crippen MR) is 84.1 cm³/mol. The van der Waals surface area contributed by atoms with Crippen molar-refractivity contribution in [1.29, 1.82) is 0 Å². The molecule has 20 heavy (non-hydrogen) atoms. The zero-order valence-corrected chi connectivity index (χ0v) is 13.5. The molecule has 2 rings (SSSR count). The number of amides is 2. The topological polar surface area (TPSA) is 58.2 Å². The Balaban J connectivity index is 2.37. The summed E-state index contributed by atoms with van der Waals surface area (Å²) in [7, 11) is 0. The number of carbonyl (C=O) groups excluding carboxylic acids is 2. The second kappa shape index (κ2) is 5.56.